The molecule has 14 heavy (non-hydrogen) atoms. The molecule has 0 fully saturated rings. The summed E-state index contributed by atoms with van der Waals surface area (Å²) in [4.78, 5) is 2.47. The van der Waals surface area contributed by atoms with Crippen LogP contribution in [0.25, 0.3) is 0 Å². The smallest absolute Gasteiger partial charge is 0.0216 e. The van der Waals surface area contributed by atoms with Crippen molar-refractivity contribution in [1.82, 2.24) is 4.90 Å². The van der Waals surface area contributed by atoms with Gasteiger partial charge in [0.2, 0.25) is 0 Å². The van der Waals surface area contributed by atoms with Gasteiger partial charge in [0.25, 0.3) is 0 Å². The normalized spacial score (nSPS) is 30.3. The zero-order valence-corrected chi connectivity index (χ0v) is 10.6. The molecule has 0 spiro atoms. The lowest BCUT2D eigenvalue weighted by atomic mass is 9.75. The van der Waals surface area contributed by atoms with Gasteiger partial charge >= 0.3 is 0 Å². The van der Waals surface area contributed by atoms with E-state index >= 15 is 0 Å². The summed E-state index contributed by atoms with van der Waals surface area (Å²) in [6, 6.07) is 0. The van der Waals surface area contributed by atoms with Crippen molar-refractivity contribution in [3.63, 3.8) is 0 Å². The van der Waals surface area contributed by atoms with Crippen LogP contribution >= 0.6 is 0 Å². The summed E-state index contributed by atoms with van der Waals surface area (Å²) in [5, 5.41) is 0. The van der Waals surface area contributed by atoms with Crippen molar-refractivity contribution >= 4 is 0 Å². The molecule has 1 aliphatic heterocycles. The van der Waals surface area contributed by atoms with Gasteiger partial charge in [0.1, 0.15) is 0 Å². The van der Waals surface area contributed by atoms with Crippen molar-refractivity contribution in [2.45, 2.75) is 53.0 Å². The number of rotatable bonds is 1. The van der Waals surface area contributed by atoms with Gasteiger partial charge in [-0.2, -0.15) is 0 Å². The lowest BCUT2D eigenvalue weighted by Crippen LogP contribution is -2.47. The fourth-order valence-corrected chi connectivity index (χ4v) is 2.05. The van der Waals surface area contributed by atoms with Crippen molar-refractivity contribution in [3.05, 3.63) is 11.6 Å². The van der Waals surface area contributed by atoms with Crippen LogP contribution in [0.3, 0.4) is 0 Å². The van der Waals surface area contributed by atoms with Crippen LogP contribution in [-0.2, 0) is 0 Å². The first-order valence-corrected chi connectivity index (χ1v) is 5.70. The Hall–Kier alpha value is -0.300. The maximum absolute atomic E-state index is 2.47. The molecule has 82 valence electrons. The highest BCUT2D eigenvalue weighted by molar-refractivity contribution is 5.19. The highest BCUT2D eigenvalue weighted by Crippen LogP contribution is 2.38. The lowest BCUT2D eigenvalue weighted by Gasteiger charge is -2.44. The van der Waals surface area contributed by atoms with E-state index in [1.165, 1.54) is 12.8 Å². The minimum atomic E-state index is 0.345. The van der Waals surface area contributed by atoms with E-state index in [2.05, 4.69) is 52.6 Å². The van der Waals surface area contributed by atoms with Gasteiger partial charge in [0.15, 0.2) is 0 Å². The van der Waals surface area contributed by atoms with Gasteiger partial charge in [-0.25, -0.2) is 0 Å². The molecule has 0 radical (unpaired) electrons. The lowest BCUT2D eigenvalue weighted by molar-refractivity contribution is 0.127. The predicted octanol–water partition coefficient (Wildman–Crippen LogP) is 3.46. The molecule has 1 heterocycles. The van der Waals surface area contributed by atoms with E-state index in [1.54, 1.807) is 5.57 Å². The molecule has 1 unspecified atom stereocenters. The minimum Gasteiger partial charge on any atom is -0.297 e. The second-order valence-corrected chi connectivity index (χ2v) is 5.89. The summed E-state index contributed by atoms with van der Waals surface area (Å²) >= 11 is 0. The molecule has 0 aromatic heterocycles. The number of likely N-dealkylation sites (N-methyl/N-ethyl adjacent to an activating group) is 1. The molecule has 0 saturated heterocycles. The van der Waals surface area contributed by atoms with Crippen LogP contribution in [0.5, 0.6) is 0 Å². The van der Waals surface area contributed by atoms with E-state index in [-0.39, 0.29) is 0 Å². The molecule has 0 amide bonds. The van der Waals surface area contributed by atoms with E-state index < -0.39 is 0 Å². The molecule has 0 aromatic carbocycles. The van der Waals surface area contributed by atoms with Gasteiger partial charge < -0.3 is 0 Å². The van der Waals surface area contributed by atoms with E-state index in [1.807, 2.05) is 0 Å². The maximum atomic E-state index is 2.47. The first-order valence-electron chi connectivity index (χ1n) is 5.70. The molecule has 0 N–H and O–H groups in total. The minimum absolute atomic E-state index is 0.345. The average molecular weight is 195 g/mol. The van der Waals surface area contributed by atoms with Gasteiger partial charge in [-0.05, 0) is 32.2 Å². The Morgan fingerprint density at radius 2 is 2.00 bits per heavy atom. The van der Waals surface area contributed by atoms with E-state index in [4.69, 9.17) is 0 Å². The molecule has 1 rings (SSSR count). The summed E-state index contributed by atoms with van der Waals surface area (Å²) in [7, 11) is 2.24. The zero-order chi connectivity index (χ0) is 11.0. The second-order valence-electron chi connectivity index (χ2n) is 5.89. The summed E-state index contributed by atoms with van der Waals surface area (Å²) < 4.78 is 0. The molecule has 1 atom stereocenters. The number of hydrogen-bond acceptors (Lipinski definition) is 1. The van der Waals surface area contributed by atoms with Crippen molar-refractivity contribution in [2.75, 3.05) is 13.6 Å². The monoisotopic (exact) mass is 195 g/mol. The molecule has 0 saturated carbocycles. The summed E-state index contributed by atoms with van der Waals surface area (Å²) in [6.07, 6.45) is 4.87. The fourth-order valence-electron chi connectivity index (χ4n) is 2.05. The SMILES string of the molecule is CCC1(C)CC(C(C)(C)C)=CCN1C. The summed E-state index contributed by atoms with van der Waals surface area (Å²) in [5.74, 6) is 0. The average Bonchev–Trinajstić information content (AvgIpc) is 2.08. The van der Waals surface area contributed by atoms with Crippen LogP contribution in [-0.4, -0.2) is 24.0 Å². The third kappa shape index (κ3) is 2.20. The van der Waals surface area contributed by atoms with Gasteiger partial charge in [-0.3, -0.25) is 4.90 Å². The fraction of sp³-hybridized carbons (Fsp3) is 0.846. The van der Waals surface area contributed by atoms with Crippen LogP contribution in [0, 0.1) is 5.41 Å². The van der Waals surface area contributed by atoms with Crippen LogP contribution in [0.2, 0.25) is 0 Å². The molecule has 1 heteroatoms. The Labute approximate surface area is 89.2 Å². The molecule has 0 aromatic rings. The number of hydrogen-bond donors (Lipinski definition) is 0. The Kier molecular flexibility index (Phi) is 3.10. The standard InChI is InChI=1S/C13H25N/c1-7-13(5)10-11(12(2,3)4)8-9-14(13)6/h8H,7,9-10H2,1-6H3. The largest absolute Gasteiger partial charge is 0.297 e. The van der Waals surface area contributed by atoms with Gasteiger partial charge in [0, 0.05) is 12.1 Å². The van der Waals surface area contributed by atoms with Crippen LogP contribution in [0.15, 0.2) is 11.6 Å². The zero-order valence-electron chi connectivity index (χ0n) is 10.6. The van der Waals surface area contributed by atoms with Crippen molar-refractivity contribution in [2.24, 2.45) is 5.41 Å². The molecule has 1 nitrogen and oxygen atoms in total. The molecule has 0 bridgehead atoms. The number of nitrogens with zero attached hydrogens (tertiary/aromatic N) is 1. The van der Waals surface area contributed by atoms with Crippen LogP contribution in [0.4, 0.5) is 0 Å². The summed E-state index contributed by atoms with van der Waals surface area (Å²) in [6.45, 7) is 12.7. The topological polar surface area (TPSA) is 3.24 Å². The van der Waals surface area contributed by atoms with Crippen molar-refractivity contribution < 1.29 is 0 Å². The van der Waals surface area contributed by atoms with Gasteiger partial charge in [-0.15, -0.1) is 0 Å². The predicted molar refractivity (Wildman–Crippen MR) is 63.5 cm³/mol. The Bertz CT molecular complexity index is 234. The molecular formula is C13H25N. The summed E-state index contributed by atoms with van der Waals surface area (Å²) in [5.41, 5.74) is 2.34. The first kappa shape index (κ1) is 11.8. The quantitative estimate of drug-likeness (QED) is 0.579. The third-order valence-electron chi connectivity index (χ3n) is 3.83. The highest BCUT2D eigenvalue weighted by Gasteiger charge is 2.34. The van der Waals surface area contributed by atoms with Crippen LogP contribution in [0.1, 0.15) is 47.5 Å². The van der Waals surface area contributed by atoms with Gasteiger partial charge in [-0.1, -0.05) is 39.3 Å². The van der Waals surface area contributed by atoms with Crippen molar-refractivity contribution in [3.8, 4) is 0 Å². The maximum Gasteiger partial charge on any atom is 0.0216 e. The third-order valence-corrected chi connectivity index (χ3v) is 3.83. The van der Waals surface area contributed by atoms with Gasteiger partial charge in [0.05, 0.1) is 0 Å². The molecular weight excluding hydrogens is 170 g/mol. The first-order chi connectivity index (χ1) is 6.29. The Morgan fingerprint density at radius 1 is 1.43 bits per heavy atom. The van der Waals surface area contributed by atoms with E-state index in [9.17, 15) is 0 Å². The Morgan fingerprint density at radius 3 is 2.43 bits per heavy atom. The van der Waals surface area contributed by atoms with E-state index in [0.29, 0.717) is 11.0 Å². The second kappa shape index (κ2) is 3.69. The van der Waals surface area contributed by atoms with Crippen LogP contribution < -0.4 is 0 Å². The Balaban J connectivity index is 2.87. The van der Waals surface area contributed by atoms with E-state index in [0.717, 1.165) is 6.54 Å². The van der Waals surface area contributed by atoms with Crippen molar-refractivity contribution in [1.29, 1.82) is 0 Å². The molecule has 0 aliphatic carbocycles. The molecule has 1 aliphatic rings. The highest BCUT2D eigenvalue weighted by atomic mass is 15.2.